The smallest absolute Gasteiger partial charge is 0.133 e. The molecule has 0 aliphatic heterocycles. The summed E-state index contributed by atoms with van der Waals surface area (Å²) in [5.74, 6) is 1.91. The highest BCUT2D eigenvalue weighted by atomic mass is 79.9. The summed E-state index contributed by atoms with van der Waals surface area (Å²) in [4.78, 5) is 12.8. The van der Waals surface area contributed by atoms with Gasteiger partial charge in [0.2, 0.25) is 0 Å². The maximum atomic E-state index is 4.71. The van der Waals surface area contributed by atoms with Gasteiger partial charge in [0.1, 0.15) is 16.2 Å². The van der Waals surface area contributed by atoms with Gasteiger partial charge in [0.25, 0.3) is 0 Å². The van der Waals surface area contributed by atoms with Crippen molar-refractivity contribution in [2.45, 2.75) is 46.2 Å². The van der Waals surface area contributed by atoms with Gasteiger partial charge in [-0.2, -0.15) is 0 Å². The molecule has 0 saturated heterocycles. The van der Waals surface area contributed by atoms with E-state index in [1.165, 1.54) is 4.88 Å². The second kappa shape index (κ2) is 7.18. The second-order valence-electron chi connectivity index (χ2n) is 5.02. The third kappa shape index (κ3) is 4.03. The van der Waals surface area contributed by atoms with Crippen molar-refractivity contribution in [1.29, 1.82) is 0 Å². The first-order valence-corrected chi connectivity index (χ1v) is 8.60. The largest absolute Gasteiger partial charge is 0.349 e. The minimum Gasteiger partial charge on any atom is -0.349 e. The summed E-state index contributed by atoms with van der Waals surface area (Å²) in [7, 11) is 0. The fraction of sp³-hybridized carbons (Fsp3) is 0.467. The van der Waals surface area contributed by atoms with E-state index in [0.29, 0.717) is 6.04 Å². The lowest BCUT2D eigenvalue weighted by Gasteiger charge is -2.27. The molecule has 0 amide bonds. The Morgan fingerprint density at radius 3 is 2.75 bits per heavy atom. The zero-order chi connectivity index (χ0) is 14.5. The Bertz CT molecular complexity index is 540. The number of hydrogen-bond acceptors (Lipinski definition) is 4. The Balaban J connectivity index is 2.28. The van der Waals surface area contributed by atoms with E-state index in [1.807, 2.05) is 6.07 Å². The summed E-state index contributed by atoms with van der Waals surface area (Å²) >= 11 is 5.29. The van der Waals surface area contributed by atoms with Crippen LogP contribution in [0, 0.1) is 0 Å². The van der Waals surface area contributed by atoms with Crippen molar-refractivity contribution in [1.82, 2.24) is 9.97 Å². The number of aromatic nitrogens is 2. The van der Waals surface area contributed by atoms with Gasteiger partial charge in [0.05, 0.1) is 6.54 Å². The topological polar surface area (TPSA) is 29.0 Å². The Kier molecular flexibility index (Phi) is 5.54. The standard InChI is InChI=1S/C15H20BrN3S/c1-4-6-14-17-13(16)9-15(18-14)19(11(2)3)10-12-7-5-8-20-12/h5,7-9,11H,4,6,10H2,1-3H3. The Morgan fingerprint density at radius 2 is 2.15 bits per heavy atom. The van der Waals surface area contributed by atoms with E-state index >= 15 is 0 Å². The maximum Gasteiger partial charge on any atom is 0.133 e. The molecule has 0 spiro atoms. The predicted octanol–water partition coefficient (Wildman–Crippen LogP) is 4.67. The summed E-state index contributed by atoms with van der Waals surface area (Å²) in [5.41, 5.74) is 0. The molecule has 0 radical (unpaired) electrons. The van der Waals surface area contributed by atoms with Gasteiger partial charge in [-0.05, 0) is 47.6 Å². The fourth-order valence-corrected chi connectivity index (χ4v) is 3.14. The minimum absolute atomic E-state index is 0.397. The Morgan fingerprint density at radius 1 is 1.35 bits per heavy atom. The summed E-state index contributed by atoms with van der Waals surface area (Å²) in [5, 5.41) is 2.12. The average molecular weight is 354 g/mol. The van der Waals surface area contributed by atoms with Crippen molar-refractivity contribution in [2.75, 3.05) is 4.90 Å². The second-order valence-corrected chi connectivity index (χ2v) is 6.86. The van der Waals surface area contributed by atoms with Gasteiger partial charge >= 0.3 is 0 Å². The molecule has 0 fully saturated rings. The van der Waals surface area contributed by atoms with Crippen LogP contribution in [0.4, 0.5) is 5.82 Å². The van der Waals surface area contributed by atoms with Crippen LogP contribution in [-0.4, -0.2) is 16.0 Å². The van der Waals surface area contributed by atoms with E-state index in [2.05, 4.69) is 64.1 Å². The Labute approximate surface area is 133 Å². The molecule has 2 aromatic rings. The third-order valence-corrected chi connectivity index (χ3v) is 4.29. The predicted molar refractivity (Wildman–Crippen MR) is 89.4 cm³/mol. The highest BCUT2D eigenvalue weighted by Gasteiger charge is 2.15. The number of halogens is 1. The molecule has 3 nitrogen and oxygen atoms in total. The SMILES string of the molecule is CCCc1nc(Br)cc(N(Cc2cccs2)C(C)C)n1. The summed E-state index contributed by atoms with van der Waals surface area (Å²) in [6, 6.07) is 6.67. The van der Waals surface area contributed by atoms with Crippen LogP contribution < -0.4 is 4.90 Å². The normalized spacial score (nSPS) is 11.1. The first-order chi connectivity index (χ1) is 9.60. The van der Waals surface area contributed by atoms with Crippen LogP contribution in [0.3, 0.4) is 0 Å². The molecule has 2 rings (SSSR count). The van der Waals surface area contributed by atoms with Gasteiger partial charge in [-0.1, -0.05) is 13.0 Å². The molecule has 0 bridgehead atoms. The minimum atomic E-state index is 0.397. The number of nitrogens with zero attached hydrogens (tertiary/aromatic N) is 3. The highest BCUT2D eigenvalue weighted by molar-refractivity contribution is 9.10. The lowest BCUT2D eigenvalue weighted by atomic mass is 10.2. The first kappa shape index (κ1) is 15.4. The Hall–Kier alpha value is -0.940. The van der Waals surface area contributed by atoms with Gasteiger partial charge in [0.15, 0.2) is 0 Å². The lowest BCUT2D eigenvalue weighted by Crippen LogP contribution is -2.31. The number of hydrogen-bond donors (Lipinski definition) is 0. The van der Waals surface area contributed by atoms with Crippen LogP contribution in [0.2, 0.25) is 0 Å². The van der Waals surface area contributed by atoms with Crippen molar-refractivity contribution in [3.05, 3.63) is 38.9 Å². The monoisotopic (exact) mass is 353 g/mol. The van der Waals surface area contributed by atoms with E-state index in [1.54, 1.807) is 11.3 Å². The van der Waals surface area contributed by atoms with Crippen LogP contribution >= 0.6 is 27.3 Å². The quantitative estimate of drug-likeness (QED) is 0.706. The third-order valence-electron chi connectivity index (χ3n) is 3.03. The molecule has 108 valence electrons. The van der Waals surface area contributed by atoms with Gasteiger partial charge in [0, 0.05) is 23.4 Å². The van der Waals surface area contributed by atoms with E-state index in [-0.39, 0.29) is 0 Å². The van der Waals surface area contributed by atoms with Crippen LogP contribution in [-0.2, 0) is 13.0 Å². The molecule has 0 unspecified atom stereocenters. The number of thiophene rings is 1. The van der Waals surface area contributed by atoms with Gasteiger partial charge in [-0.3, -0.25) is 0 Å². The molecular formula is C15H20BrN3S. The molecule has 0 aliphatic carbocycles. The summed E-state index contributed by atoms with van der Waals surface area (Å²) < 4.78 is 0.864. The van der Waals surface area contributed by atoms with Crippen LogP contribution in [0.5, 0.6) is 0 Å². The lowest BCUT2D eigenvalue weighted by molar-refractivity contribution is 0.669. The van der Waals surface area contributed by atoms with Gasteiger partial charge in [-0.15, -0.1) is 11.3 Å². The molecule has 0 saturated carbocycles. The fourth-order valence-electron chi connectivity index (χ4n) is 2.03. The van der Waals surface area contributed by atoms with Crippen molar-refractivity contribution < 1.29 is 0 Å². The van der Waals surface area contributed by atoms with Gasteiger partial charge < -0.3 is 4.90 Å². The van der Waals surface area contributed by atoms with Crippen molar-refractivity contribution >= 4 is 33.1 Å². The summed E-state index contributed by atoms with van der Waals surface area (Å²) in [6.07, 6.45) is 1.97. The molecule has 0 N–H and O–H groups in total. The average Bonchev–Trinajstić information content (AvgIpc) is 2.88. The molecule has 5 heteroatoms. The molecule has 20 heavy (non-hydrogen) atoms. The van der Waals surface area contributed by atoms with E-state index < -0.39 is 0 Å². The van der Waals surface area contributed by atoms with Crippen molar-refractivity contribution in [3.63, 3.8) is 0 Å². The molecule has 2 aromatic heterocycles. The summed E-state index contributed by atoms with van der Waals surface area (Å²) in [6.45, 7) is 7.44. The van der Waals surface area contributed by atoms with Crippen molar-refractivity contribution in [3.8, 4) is 0 Å². The maximum absolute atomic E-state index is 4.71. The first-order valence-electron chi connectivity index (χ1n) is 6.92. The highest BCUT2D eigenvalue weighted by Crippen LogP contribution is 2.23. The number of anilines is 1. The molecule has 0 atom stereocenters. The van der Waals surface area contributed by atoms with Crippen LogP contribution in [0.15, 0.2) is 28.2 Å². The van der Waals surface area contributed by atoms with Crippen molar-refractivity contribution in [2.24, 2.45) is 0 Å². The van der Waals surface area contributed by atoms with E-state index in [9.17, 15) is 0 Å². The number of aryl methyl sites for hydroxylation is 1. The van der Waals surface area contributed by atoms with E-state index in [4.69, 9.17) is 4.98 Å². The zero-order valence-corrected chi connectivity index (χ0v) is 14.5. The number of rotatable bonds is 6. The molecule has 0 aromatic carbocycles. The molecular weight excluding hydrogens is 334 g/mol. The van der Waals surface area contributed by atoms with E-state index in [0.717, 1.165) is 35.6 Å². The van der Waals surface area contributed by atoms with Crippen LogP contribution in [0.25, 0.3) is 0 Å². The van der Waals surface area contributed by atoms with Crippen LogP contribution in [0.1, 0.15) is 37.9 Å². The van der Waals surface area contributed by atoms with Gasteiger partial charge in [-0.25, -0.2) is 9.97 Å². The molecule has 0 aliphatic rings. The molecule has 2 heterocycles. The zero-order valence-electron chi connectivity index (χ0n) is 12.1.